The van der Waals surface area contributed by atoms with E-state index in [4.69, 9.17) is 0 Å². The van der Waals surface area contributed by atoms with Crippen molar-refractivity contribution in [2.75, 3.05) is 4.90 Å². The fourth-order valence-corrected chi connectivity index (χ4v) is 9.40. The highest BCUT2D eigenvalue weighted by Crippen LogP contribution is 2.58. The van der Waals surface area contributed by atoms with E-state index in [9.17, 15) is 0 Å². The Morgan fingerprint density at radius 1 is 0.333 bits per heavy atom. The van der Waals surface area contributed by atoms with Crippen LogP contribution < -0.4 is 4.90 Å². The van der Waals surface area contributed by atoms with Crippen LogP contribution in [0, 0.1) is 0 Å². The molecule has 2 nitrogen and oxygen atoms in total. The third kappa shape index (κ3) is 5.18. The normalized spacial score (nSPS) is 12.7. The maximum Gasteiger partial charge on any atom is 0.0714 e. The molecular weight excluding hydrogens is 689 g/mol. The monoisotopic (exact) mass is 726 g/mol. The molecule has 1 aliphatic rings. The first-order valence-corrected chi connectivity index (χ1v) is 19.7. The first-order valence-electron chi connectivity index (χ1n) is 19.7. The van der Waals surface area contributed by atoms with Gasteiger partial charge in [0, 0.05) is 33.5 Å². The van der Waals surface area contributed by atoms with E-state index in [0.29, 0.717) is 0 Å². The van der Waals surface area contributed by atoms with Crippen molar-refractivity contribution in [3.05, 3.63) is 253 Å². The zero-order valence-electron chi connectivity index (χ0n) is 31.3. The second-order valence-electron chi connectivity index (χ2n) is 14.9. The van der Waals surface area contributed by atoms with E-state index in [1.54, 1.807) is 0 Å². The number of rotatable bonds is 7. The van der Waals surface area contributed by atoms with Gasteiger partial charge in [0.2, 0.25) is 0 Å². The largest absolute Gasteiger partial charge is 0.310 e. The Morgan fingerprint density at radius 2 is 0.807 bits per heavy atom. The summed E-state index contributed by atoms with van der Waals surface area (Å²) in [5.41, 5.74) is 16.4. The summed E-state index contributed by atoms with van der Waals surface area (Å²) >= 11 is 0. The minimum Gasteiger partial charge on any atom is -0.310 e. The molecule has 2 heteroatoms. The Kier molecular flexibility index (Phi) is 7.75. The van der Waals surface area contributed by atoms with Crippen LogP contribution >= 0.6 is 0 Å². The number of para-hydroxylation sites is 4. The van der Waals surface area contributed by atoms with Crippen molar-refractivity contribution in [2.24, 2.45) is 0 Å². The van der Waals surface area contributed by atoms with Gasteiger partial charge in [-0.15, -0.1) is 0 Å². The van der Waals surface area contributed by atoms with Gasteiger partial charge in [0.15, 0.2) is 0 Å². The number of fused-ring (bicyclic) bond motifs is 6. The Hall–Kier alpha value is -7.42. The predicted molar refractivity (Wildman–Crippen MR) is 238 cm³/mol. The predicted octanol–water partition coefficient (Wildman–Crippen LogP) is 14.3. The molecule has 1 heterocycles. The van der Waals surface area contributed by atoms with Crippen LogP contribution in [0.25, 0.3) is 49.7 Å². The molecule has 0 aliphatic heterocycles. The van der Waals surface area contributed by atoms with Gasteiger partial charge in [0.05, 0.1) is 16.4 Å². The van der Waals surface area contributed by atoms with Crippen molar-refractivity contribution < 1.29 is 0 Å². The van der Waals surface area contributed by atoms with E-state index in [1.807, 2.05) is 0 Å². The van der Waals surface area contributed by atoms with Crippen LogP contribution in [0.4, 0.5) is 17.1 Å². The number of hydrogen-bond acceptors (Lipinski definition) is 1. The molecule has 0 radical (unpaired) electrons. The van der Waals surface area contributed by atoms with Gasteiger partial charge in [0.25, 0.3) is 0 Å². The van der Waals surface area contributed by atoms with Crippen LogP contribution in [0.1, 0.15) is 22.3 Å². The summed E-state index contributed by atoms with van der Waals surface area (Å²) in [5, 5.41) is 2.50. The molecule has 0 spiro atoms. The lowest BCUT2D eigenvalue weighted by molar-refractivity contribution is 0.768. The Morgan fingerprint density at radius 3 is 1.44 bits per heavy atom. The molecule has 1 aromatic heterocycles. The van der Waals surface area contributed by atoms with Gasteiger partial charge in [-0.2, -0.15) is 0 Å². The van der Waals surface area contributed by atoms with Gasteiger partial charge in [-0.05, 0) is 117 Å². The molecule has 57 heavy (non-hydrogen) atoms. The summed E-state index contributed by atoms with van der Waals surface area (Å²) in [4.78, 5) is 2.37. The molecule has 0 atom stereocenters. The number of hydrogen-bond donors (Lipinski definition) is 0. The van der Waals surface area contributed by atoms with E-state index in [1.165, 1.54) is 72.0 Å². The molecule has 0 amide bonds. The molecule has 11 rings (SSSR count). The standard InChI is InChI=1S/C55H38N2/c1-6-18-41(19-7-1)55(42-20-8-2-9-21-42)51-37-40(39-31-35-54-50(36-39)49-28-16-17-29-53(49)57(54)45-26-14-5-15-27-45)30-33-47(51)48-34-32-46(38-52(48)55)56(43-22-10-3-11-23-43)44-24-12-4-13-25-44/h1-38H. The Balaban J connectivity index is 1.15. The smallest absolute Gasteiger partial charge is 0.0714 e. The fourth-order valence-electron chi connectivity index (χ4n) is 9.40. The summed E-state index contributed by atoms with van der Waals surface area (Å²) < 4.78 is 2.38. The van der Waals surface area contributed by atoms with Gasteiger partial charge in [-0.25, -0.2) is 0 Å². The van der Waals surface area contributed by atoms with Crippen molar-refractivity contribution in [1.82, 2.24) is 4.57 Å². The zero-order chi connectivity index (χ0) is 37.8. The van der Waals surface area contributed by atoms with Crippen LogP contribution in [0.15, 0.2) is 231 Å². The number of nitrogens with zero attached hydrogens (tertiary/aromatic N) is 2. The number of benzene rings is 9. The number of aromatic nitrogens is 1. The molecule has 268 valence electrons. The summed E-state index contributed by atoms with van der Waals surface area (Å²) in [7, 11) is 0. The Labute approximate surface area is 333 Å². The highest BCUT2D eigenvalue weighted by atomic mass is 15.1. The summed E-state index contributed by atoms with van der Waals surface area (Å²) in [6, 6.07) is 84.3. The third-order valence-corrected chi connectivity index (χ3v) is 11.8. The second-order valence-corrected chi connectivity index (χ2v) is 14.9. The third-order valence-electron chi connectivity index (χ3n) is 11.8. The van der Waals surface area contributed by atoms with Crippen LogP contribution in [0.3, 0.4) is 0 Å². The fraction of sp³-hybridized carbons (Fsp3) is 0.0182. The quantitative estimate of drug-likeness (QED) is 0.159. The maximum atomic E-state index is 2.47. The van der Waals surface area contributed by atoms with Crippen molar-refractivity contribution in [3.63, 3.8) is 0 Å². The summed E-state index contributed by atoms with van der Waals surface area (Å²) in [6.07, 6.45) is 0. The van der Waals surface area contributed by atoms with E-state index < -0.39 is 5.41 Å². The van der Waals surface area contributed by atoms with Gasteiger partial charge in [-0.1, -0.05) is 158 Å². The van der Waals surface area contributed by atoms with Gasteiger partial charge < -0.3 is 9.47 Å². The number of anilines is 3. The van der Waals surface area contributed by atoms with E-state index in [2.05, 4.69) is 240 Å². The van der Waals surface area contributed by atoms with Gasteiger partial charge in [-0.3, -0.25) is 0 Å². The molecule has 10 aromatic rings. The summed E-state index contributed by atoms with van der Waals surface area (Å²) in [6.45, 7) is 0. The van der Waals surface area contributed by atoms with Gasteiger partial charge in [0.1, 0.15) is 0 Å². The van der Waals surface area contributed by atoms with Crippen LogP contribution in [-0.2, 0) is 5.41 Å². The minimum atomic E-state index is -0.564. The van der Waals surface area contributed by atoms with Crippen molar-refractivity contribution in [2.45, 2.75) is 5.41 Å². The molecule has 0 N–H and O–H groups in total. The molecule has 1 aliphatic carbocycles. The van der Waals surface area contributed by atoms with Crippen molar-refractivity contribution >= 4 is 38.9 Å². The minimum absolute atomic E-state index is 0.564. The summed E-state index contributed by atoms with van der Waals surface area (Å²) in [5.74, 6) is 0. The molecule has 0 bridgehead atoms. The lowest BCUT2D eigenvalue weighted by atomic mass is 9.67. The molecule has 0 unspecified atom stereocenters. The van der Waals surface area contributed by atoms with Crippen LogP contribution in [-0.4, -0.2) is 4.57 Å². The van der Waals surface area contributed by atoms with Crippen LogP contribution in [0.5, 0.6) is 0 Å². The van der Waals surface area contributed by atoms with Crippen molar-refractivity contribution in [1.29, 1.82) is 0 Å². The van der Waals surface area contributed by atoms with E-state index in [-0.39, 0.29) is 0 Å². The van der Waals surface area contributed by atoms with E-state index >= 15 is 0 Å². The average molecular weight is 727 g/mol. The molecule has 0 saturated carbocycles. The van der Waals surface area contributed by atoms with E-state index in [0.717, 1.165) is 17.1 Å². The highest BCUT2D eigenvalue weighted by Gasteiger charge is 2.46. The molecule has 0 saturated heterocycles. The maximum absolute atomic E-state index is 2.47. The Bertz CT molecular complexity index is 2960. The molecule has 9 aromatic carbocycles. The van der Waals surface area contributed by atoms with Crippen molar-refractivity contribution in [3.8, 4) is 27.9 Å². The average Bonchev–Trinajstić information content (AvgIpc) is 3.78. The molecular formula is C55H38N2. The molecule has 0 fully saturated rings. The first-order chi connectivity index (χ1) is 28.3. The van der Waals surface area contributed by atoms with Crippen LogP contribution in [0.2, 0.25) is 0 Å². The lowest BCUT2D eigenvalue weighted by Gasteiger charge is -2.35. The SMILES string of the molecule is c1ccc(N(c2ccccc2)c2ccc3c(c2)C(c2ccccc2)(c2ccccc2)c2cc(-c4ccc5c(c4)c4ccccc4n5-c4ccccc4)ccc2-3)cc1. The highest BCUT2D eigenvalue weighted by molar-refractivity contribution is 6.10. The first kappa shape index (κ1) is 33.0. The topological polar surface area (TPSA) is 8.17 Å². The second kappa shape index (κ2) is 13.4. The zero-order valence-corrected chi connectivity index (χ0v) is 31.3. The lowest BCUT2D eigenvalue weighted by Crippen LogP contribution is -2.28. The van der Waals surface area contributed by atoms with Gasteiger partial charge >= 0.3 is 0 Å².